The Balaban J connectivity index is 1.90. The molecule has 25 heteroatoms. The fourth-order valence-corrected chi connectivity index (χ4v) is 8.20. The van der Waals surface area contributed by atoms with Crippen molar-refractivity contribution in [3.63, 3.8) is 0 Å². The summed E-state index contributed by atoms with van der Waals surface area (Å²) >= 11 is 11.5. The highest BCUT2D eigenvalue weighted by molar-refractivity contribution is 7.51. The summed E-state index contributed by atoms with van der Waals surface area (Å²) in [5.41, 5.74) is 0. The number of hydrogen-bond donors (Lipinski definition) is 6. The molecule has 2 aromatic rings. The van der Waals surface area contributed by atoms with E-state index >= 15 is 0 Å². The van der Waals surface area contributed by atoms with Gasteiger partial charge < -0.3 is 43.8 Å². The van der Waals surface area contributed by atoms with Gasteiger partial charge in [0.15, 0.2) is 6.29 Å². The lowest BCUT2D eigenvalue weighted by molar-refractivity contribution is -0.402. The van der Waals surface area contributed by atoms with Gasteiger partial charge in [-0.05, 0) is 51.3 Å². The minimum Gasteiger partial charge on any atom is -0.406 e. The van der Waals surface area contributed by atoms with Crippen molar-refractivity contribution in [2.24, 2.45) is 0 Å². The lowest BCUT2D eigenvalue weighted by Gasteiger charge is -2.44. The van der Waals surface area contributed by atoms with E-state index < -0.39 is 93.0 Å². The highest BCUT2D eigenvalue weighted by Crippen LogP contribution is 2.54. The molecule has 1 fully saturated rings. The molecule has 1 saturated heterocycles. The molecule has 0 aromatic carbocycles. The van der Waals surface area contributed by atoms with Gasteiger partial charge in [-0.1, -0.05) is 0 Å². The molecule has 0 bridgehead atoms. The summed E-state index contributed by atoms with van der Waals surface area (Å²) in [4.78, 5) is 41.1. The molecule has 0 radical (unpaired) electrons. The molecule has 3 rings (SSSR count). The monoisotopic (exact) mass is 826 g/mol. The Morgan fingerprint density at radius 2 is 1.44 bits per heavy atom. The van der Waals surface area contributed by atoms with Gasteiger partial charge in [-0.3, -0.25) is 29.3 Å². The molecule has 296 valence electrons. The summed E-state index contributed by atoms with van der Waals surface area (Å²) in [6.45, 7) is -0.815. The van der Waals surface area contributed by atoms with Gasteiger partial charge in [-0.25, -0.2) is 18.5 Å². The van der Waals surface area contributed by atoms with Gasteiger partial charge in [0.1, 0.15) is 52.4 Å². The fourth-order valence-electron chi connectivity index (χ4n) is 5.29. The number of ether oxygens (including phenoxy) is 1. The molecule has 6 N–H and O–H groups in total. The van der Waals surface area contributed by atoms with Crippen LogP contribution in [0, 0.1) is 20.2 Å². The van der Waals surface area contributed by atoms with Crippen LogP contribution >= 0.6 is 38.7 Å². The Morgan fingerprint density at radius 1 is 0.885 bits per heavy atom. The SMILES string of the molecule is CN(CCCCCl)P(=O)(OCc1ccc([N+](=O)[O-])o1)O[C@H]1O[C@H](C(O)CC(Cc2ccc([N+](=O)[O-])o2)N(CCCCCl)P(=O)(O)O)[C@@H](O)[C@H](O)[C@@H]1O. The fraction of sp³-hybridized carbons (Fsp3) is 0.704. The minimum atomic E-state index is -5.08. The lowest BCUT2D eigenvalue weighted by Crippen LogP contribution is -2.61. The number of aliphatic hydroxyl groups is 4. The number of hydrogen-bond acceptors (Lipinski definition) is 15. The molecule has 0 saturated carbocycles. The molecule has 1 aliphatic heterocycles. The molecule has 0 amide bonds. The molecule has 2 aromatic heterocycles. The van der Waals surface area contributed by atoms with Crippen LogP contribution in [0.15, 0.2) is 33.1 Å². The summed E-state index contributed by atoms with van der Waals surface area (Å²) in [5, 5.41) is 66.1. The average Bonchev–Trinajstić information content (AvgIpc) is 3.76. The molecular formula is C27H42Cl2N4O17P2. The Kier molecular flexibility index (Phi) is 17.1. The van der Waals surface area contributed by atoms with E-state index in [1.807, 2.05) is 0 Å². The first-order chi connectivity index (χ1) is 24.4. The lowest BCUT2D eigenvalue weighted by atomic mass is 9.91. The van der Waals surface area contributed by atoms with Crippen molar-refractivity contribution in [3.05, 3.63) is 56.0 Å². The minimum absolute atomic E-state index is 0.0525. The second-order valence-corrected chi connectivity index (χ2v) is 16.2. The third-order valence-electron chi connectivity index (χ3n) is 8.01. The smallest absolute Gasteiger partial charge is 0.406 e. The molecular weight excluding hydrogens is 785 g/mol. The van der Waals surface area contributed by atoms with Crippen molar-refractivity contribution in [3.8, 4) is 0 Å². The van der Waals surface area contributed by atoms with Gasteiger partial charge >= 0.3 is 27.3 Å². The molecule has 52 heavy (non-hydrogen) atoms. The van der Waals surface area contributed by atoms with E-state index in [1.165, 1.54) is 19.2 Å². The maximum atomic E-state index is 14.2. The Bertz CT molecular complexity index is 1540. The summed E-state index contributed by atoms with van der Waals surface area (Å²) in [6, 6.07) is 3.16. The van der Waals surface area contributed by atoms with Gasteiger partial charge in [-0.2, -0.15) is 0 Å². The predicted octanol–water partition coefficient (Wildman–Crippen LogP) is 2.86. The number of halogens is 2. The zero-order valence-corrected chi connectivity index (χ0v) is 31.0. The maximum Gasteiger partial charge on any atom is 0.433 e. The van der Waals surface area contributed by atoms with E-state index in [1.54, 1.807) is 0 Å². The highest BCUT2D eigenvalue weighted by Gasteiger charge is 2.51. The van der Waals surface area contributed by atoms with Crippen LogP contribution in [0.25, 0.3) is 0 Å². The Labute approximate surface area is 307 Å². The quantitative estimate of drug-likeness (QED) is 0.0308. The normalized spacial score (nSPS) is 23.5. The van der Waals surface area contributed by atoms with Crippen molar-refractivity contribution < 1.29 is 71.8 Å². The van der Waals surface area contributed by atoms with Crippen LogP contribution in [-0.2, 0) is 35.9 Å². The molecule has 3 heterocycles. The Morgan fingerprint density at radius 3 is 1.98 bits per heavy atom. The second kappa shape index (κ2) is 20.0. The number of unbranched alkanes of at least 4 members (excludes halogenated alkanes) is 2. The third kappa shape index (κ3) is 12.2. The average molecular weight is 827 g/mol. The first-order valence-electron chi connectivity index (χ1n) is 15.8. The zero-order valence-electron chi connectivity index (χ0n) is 27.7. The number of furan rings is 2. The van der Waals surface area contributed by atoms with E-state index in [9.17, 15) is 59.6 Å². The van der Waals surface area contributed by atoms with Gasteiger partial charge in [0.05, 0.1) is 18.2 Å². The molecule has 0 spiro atoms. The number of alkyl halides is 2. The Hall–Kier alpha value is -2.04. The van der Waals surface area contributed by atoms with E-state index in [0.29, 0.717) is 19.3 Å². The standard InChI is InChI=1S/C27H42Cl2N4O17P2/c1-30(12-4-2-10-28)52(45,46-16-19-7-9-22(48-19)33(40)41)50-27-25(37)23(35)24(36)26(49-27)20(34)15-17(14-18-6-8-21(47-18)32(38)39)31(51(42,43)44)13-5-3-11-29/h6-9,17,20,23-27,34-37H,2-5,10-16H2,1H3,(H2,42,43,44)/t17?,20?,23-,24-,25-,26+,27+,52?/m0/s1. The highest BCUT2D eigenvalue weighted by atomic mass is 35.5. The summed E-state index contributed by atoms with van der Waals surface area (Å²) < 4.78 is 55.7. The topological polar surface area (TPSA) is 302 Å². The predicted molar refractivity (Wildman–Crippen MR) is 180 cm³/mol. The van der Waals surface area contributed by atoms with Crippen molar-refractivity contribution in [1.29, 1.82) is 0 Å². The first kappa shape index (κ1) is 44.4. The van der Waals surface area contributed by atoms with Crippen LogP contribution in [-0.4, -0.2) is 124 Å². The van der Waals surface area contributed by atoms with E-state index in [4.69, 9.17) is 45.8 Å². The molecule has 21 nitrogen and oxygen atoms in total. The molecule has 1 aliphatic rings. The van der Waals surface area contributed by atoms with Crippen LogP contribution in [0.5, 0.6) is 0 Å². The summed E-state index contributed by atoms with van der Waals surface area (Å²) in [7, 11) is -8.31. The van der Waals surface area contributed by atoms with E-state index in [2.05, 4.69) is 0 Å². The summed E-state index contributed by atoms with van der Waals surface area (Å²) in [5.74, 6) is -1.01. The van der Waals surface area contributed by atoms with Gasteiger partial charge in [0.2, 0.25) is 0 Å². The maximum absolute atomic E-state index is 14.2. The number of aliphatic hydroxyl groups excluding tert-OH is 4. The van der Waals surface area contributed by atoms with Crippen LogP contribution in [0.1, 0.15) is 43.6 Å². The zero-order chi connectivity index (χ0) is 38.8. The van der Waals surface area contributed by atoms with Crippen LogP contribution in [0.4, 0.5) is 11.8 Å². The van der Waals surface area contributed by atoms with Crippen LogP contribution < -0.4 is 0 Å². The van der Waals surface area contributed by atoms with Crippen LogP contribution in [0.2, 0.25) is 0 Å². The van der Waals surface area contributed by atoms with Crippen molar-refractivity contribution >= 4 is 50.5 Å². The molecule has 0 aliphatic carbocycles. The van der Waals surface area contributed by atoms with Crippen molar-refractivity contribution in [2.45, 2.75) is 88.0 Å². The number of nitro groups is 2. The second-order valence-electron chi connectivity index (χ2n) is 11.8. The number of rotatable bonds is 23. The van der Waals surface area contributed by atoms with Gasteiger partial charge in [-0.15, -0.1) is 23.2 Å². The largest absolute Gasteiger partial charge is 0.433 e. The first-order valence-corrected chi connectivity index (χ1v) is 20.0. The van der Waals surface area contributed by atoms with Crippen molar-refractivity contribution in [1.82, 2.24) is 9.34 Å². The van der Waals surface area contributed by atoms with Crippen molar-refractivity contribution in [2.75, 3.05) is 31.9 Å². The molecule has 3 unspecified atom stereocenters. The van der Waals surface area contributed by atoms with Crippen LogP contribution in [0.3, 0.4) is 0 Å². The number of nitrogens with zero attached hydrogens (tertiary/aromatic N) is 4. The third-order valence-corrected chi connectivity index (χ3v) is 11.7. The van der Waals surface area contributed by atoms with E-state index in [-0.39, 0.29) is 49.2 Å². The summed E-state index contributed by atoms with van der Waals surface area (Å²) in [6.07, 6.45) is -11.6. The van der Waals surface area contributed by atoms with Gasteiger partial charge in [0, 0.05) is 37.3 Å². The van der Waals surface area contributed by atoms with Gasteiger partial charge in [0.25, 0.3) is 0 Å². The van der Waals surface area contributed by atoms with E-state index in [0.717, 1.165) is 21.5 Å². The molecule has 8 atom stereocenters.